The monoisotopic (exact) mass is 223 g/mol. The molecule has 0 heterocycles. The van der Waals surface area contributed by atoms with Crippen molar-refractivity contribution in [3.63, 3.8) is 0 Å². The van der Waals surface area contributed by atoms with Crippen molar-refractivity contribution < 1.29 is 19.0 Å². The number of hydrogen-bond donors (Lipinski definition) is 2. The van der Waals surface area contributed by atoms with Gasteiger partial charge in [0.15, 0.2) is 7.37 Å². The summed E-state index contributed by atoms with van der Waals surface area (Å²) in [6, 6.07) is -0.808. The van der Waals surface area contributed by atoms with Gasteiger partial charge in [0.2, 0.25) is 0 Å². The van der Waals surface area contributed by atoms with E-state index in [1.54, 1.807) is 13.8 Å². The number of rotatable bonds is 5. The molecule has 0 rings (SSSR count). The summed E-state index contributed by atoms with van der Waals surface area (Å²) in [7, 11) is -3.08. The molecule has 0 aliphatic carbocycles. The van der Waals surface area contributed by atoms with Crippen LogP contribution in [0, 0.1) is 0 Å². The van der Waals surface area contributed by atoms with Crippen molar-refractivity contribution in [1.82, 2.24) is 0 Å². The van der Waals surface area contributed by atoms with Crippen molar-refractivity contribution in [2.75, 3.05) is 12.8 Å². The first-order valence-electron chi connectivity index (χ1n) is 4.47. The van der Waals surface area contributed by atoms with Crippen LogP contribution in [0.25, 0.3) is 0 Å². The van der Waals surface area contributed by atoms with Gasteiger partial charge in [-0.3, -0.25) is 9.36 Å². The van der Waals surface area contributed by atoms with Crippen LogP contribution in [-0.4, -0.2) is 35.8 Å². The molecule has 0 fully saturated rings. The lowest BCUT2D eigenvalue weighted by atomic mass is 10.2. The molecular weight excluding hydrogens is 205 g/mol. The molecular formula is C8H18NO4P. The van der Waals surface area contributed by atoms with Crippen molar-refractivity contribution in [3.05, 3.63) is 0 Å². The van der Waals surface area contributed by atoms with E-state index in [0.29, 0.717) is 0 Å². The predicted octanol–water partition coefficient (Wildman–Crippen LogP) is 0.556. The second-order valence-electron chi connectivity index (χ2n) is 3.66. The van der Waals surface area contributed by atoms with Gasteiger partial charge < -0.3 is 15.4 Å². The first-order chi connectivity index (χ1) is 6.22. The average Bonchev–Trinajstić information content (AvgIpc) is 1.97. The largest absolute Gasteiger partial charge is 0.462 e. The molecule has 0 aromatic rings. The molecule has 0 aromatic carbocycles. The number of ether oxygens (including phenoxy) is 1. The Morgan fingerprint density at radius 1 is 1.57 bits per heavy atom. The fraction of sp³-hybridized carbons (Fsp3) is 0.875. The second-order valence-corrected chi connectivity index (χ2v) is 6.20. The van der Waals surface area contributed by atoms with Gasteiger partial charge >= 0.3 is 5.97 Å². The highest BCUT2D eigenvalue weighted by atomic mass is 31.2. The van der Waals surface area contributed by atoms with Gasteiger partial charge in [-0.1, -0.05) is 0 Å². The van der Waals surface area contributed by atoms with Crippen LogP contribution in [0.2, 0.25) is 0 Å². The molecule has 1 unspecified atom stereocenters. The third-order valence-corrected chi connectivity index (χ3v) is 2.60. The van der Waals surface area contributed by atoms with E-state index in [0.717, 1.165) is 0 Å². The minimum Gasteiger partial charge on any atom is -0.462 e. The Bertz CT molecular complexity index is 235. The summed E-state index contributed by atoms with van der Waals surface area (Å²) in [6.45, 7) is 4.69. The summed E-state index contributed by atoms with van der Waals surface area (Å²) < 4.78 is 15.8. The molecule has 0 radical (unpaired) electrons. The summed E-state index contributed by atoms with van der Waals surface area (Å²) >= 11 is 0. The van der Waals surface area contributed by atoms with Crippen molar-refractivity contribution in [2.24, 2.45) is 5.73 Å². The van der Waals surface area contributed by atoms with E-state index in [2.05, 4.69) is 0 Å². The summed E-state index contributed by atoms with van der Waals surface area (Å²) in [5.41, 5.74) is 5.47. The van der Waals surface area contributed by atoms with E-state index in [9.17, 15) is 9.36 Å². The Morgan fingerprint density at radius 2 is 2.07 bits per heavy atom. The van der Waals surface area contributed by atoms with Gasteiger partial charge in [0.1, 0.15) is 6.04 Å². The zero-order chi connectivity index (χ0) is 11.4. The standard InChI is InChI=1S/C8H18NO4P/c1-6(2)13-8(10)7(9)4-5-14(3,11)12/h6-7H,4-5,9H2,1-3H3,(H,11,12)/t7-/m0/s1. The number of carbonyl (C=O) groups is 1. The van der Waals surface area contributed by atoms with Crippen molar-refractivity contribution in [3.8, 4) is 0 Å². The van der Waals surface area contributed by atoms with E-state index in [1.165, 1.54) is 6.66 Å². The van der Waals surface area contributed by atoms with Crippen LogP contribution in [0.15, 0.2) is 0 Å². The van der Waals surface area contributed by atoms with Crippen LogP contribution < -0.4 is 5.73 Å². The molecule has 0 aliphatic heterocycles. The van der Waals surface area contributed by atoms with Crippen LogP contribution in [0.4, 0.5) is 0 Å². The molecule has 0 amide bonds. The summed E-state index contributed by atoms with van der Waals surface area (Å²) in [6.07, 6.45) is 0.00750. The number of hydrogen-bond acceptors (Lipinski definition) is 4. The number of carbonyl (C=O) groups excluding carboxylic acids is 1. The van der Waals surface area contributed by atoms with Gasteiger partial charge in [0.25, 0.3) is 0 Å². The maximum atomic E-state index is 11.2. The fourth-order valence-electron chi connectivity index (χ4n) is 0.816. The number of nitrogens with two attached hydrogens (primary N) is 1. The van der Waals surface area contributed by atoms with Crippen LogP contribution in [0.1, 0.15) is 20.3 Å². The Morgan fingerprint density at radius 3 is 2.43 bits per heavy atom. The molecule has 2 atom stereocenters. The third-order valence-electron chi connectivity index (χ3n) is 1.51. The predicted molar refractivity (Wildman–Crippen MR) is 54.4 cm³/mol. The molecule has 0 bridgehead atoms. The zero-order valence-corrected chi connectivity index (χ0v) is 9.66. The fourth-order valence-corrected chi connectivity index (χ4v) is 1.57. The van der Waals surface area contributed by atoms with Gasteiger partial charge in [-0.2, -0.15) is 0 Å². The van der Waals surface area contributed by atoms with Gasteiger partial charge in [-0.05, 0) is 20.3 Å². The third kappa shape index (κ3) is 7.06. The number of esters is 1. The van der Waals surface area contributed by atoms with Gasteiger partial charge in [0.05, 0.1) is 6.10 Å². The van der Waals surface area contributed by atoms with Gasteiger partial charge in [-0.15, -0.1) is 0 Å². The lowest BCUT2D eigenvalue weighted by Crippen LogP contribution is -2.34. The second kappa shape index (κ2) is 5.49. The molecule has 14 heavy (non-hydrogen) atoms. The summed E-state index contributed by atoms with van der Waals surface area (Å²) in [5.74, 6) is -0.520. The van der Waals surface area contributed by atoms with Crippen LogP contribution in [-0.2, 0) is 14.1 Å². The Balaban J connectivity index is 3.91. The van der Waals surface area contributed by atoms with Crippen molar-refractivity contribution in [1.29, 1.82) is 0 Å². The van der Waals surface area contributed by atoms with E-state index in [1.807, 2.05) is 0 Å². The highest BCUT2D eigenvalue weighted by Gasteiger charge is 2.19. The summed E-state index contributed by atoms with van der Waals surface area (Å²) in [5, 5.41) is 0. The van der Waals surface area contributed by atoms with E-state index in [-0.39, 0.29) is 18.7 Å². The molecule has 0 spiro atoms. The maximum Gasteiger partial charge on any atom is 0.323 e. The van der Waals surface area contributed by atoms with Gasteiger partial charge in [-0.25, -0.2) is 0 Å². The minimum atomic E-state index is -3.08. The first-order valence-corrected chi connectivity index (χ1v) is 6.77. The SMILES string of the molecule is CC(C)OC(=O)[C@@H](N)CCP(C)(=O)O. The topological polar surface area (TPSA) is 89.6 Å². The van der Waals surface area contributed by atoms with Crippen molar-refractivity contribution >= 4 is 13.3 Å². The highest BCUT2D eigenvalue weighted by Crippen LogP contribution is 2.35. The Kier molecular flexibility index (Phi) is 5.34. The smallest absolute Gasteiger partial charge is 0.323 e. The average molecular weight is 223 g/mol. The molecule has 6 heteroatoms. The van der Waals surface area contributed by atoms with Gasteiger partial charge in [0, 0.05) is 12.8 Å². The molecule has 0 aromatic heterocycles. The molecule has 0 saturated heterocycles. The maximum absolute atomic E-state index is 11.2. The molecule has 0 aliphatic rings. The van der Waals surface area contributed by atoms with Crippen LogP contribution in [0.3, 0.4) is 0 Å². The van der Waals surface area contributed by atoms with E-state index in [4.69, 9.17) is 15.4 Å². The molecule has 5 nitrogen and oxygen atoms in total. The zero-order valence-electron chi connectivity index (χ0n) is 8.77. The van der Waals surface area contributed by atoms with E-state index >= 15 is 0 Å². The van der Waals surface area contributed by atoms with Crippen molar-refractivity contribution in [2.45, 2.75) is 32.4 Å². The Labute approximate surface area is 84.1 Å². The summed E-state index contributed by atoms with van der Waals surface area (Å²) in [4.78, 5) is 20.1. The lowest BCUT2D eigenvalue weighted by molar-refractivity contribution is -0.149. The molecule has 84 valence electrons. The lowest BCUT2D eigenvalue weighted by Gasteiger charge is -2.14. The van der Waals surface area contributed by atoms with E-state index < -0.39 is 19.4 Å². The molecule has 0 saturated carbocycles. The van der Waals surface area contributed by atoms with Crippen LogP contribution >= 0.6 is 7.37 Å². The Hall–Kier alpha value is -0.380. The normalized spacial score (nSPS) is 17.6. The highest BCUT2D eigenvalue weighted by molar-refractivity contribution is 7.57. The molecule has 3 N–H and O–H groups in total. The first kappa shape index (κ1) is 13.6. The quantitative estimate of drug-likeness (QED) is 0.525. The van der Waals surface area contributed by atoms with Crippen LogP contribution in [0.5, 0.6) is 0 Å². The minimum absolute atomic E-state index is 0.0430.